The Hall–Kier alpha value is -2.87. The molecule has 0 fully saturated rings. The lowest BCUT2D eigenvalue weighted by Gasteiger charge is -2.01. The standard InChI is InChI=1S/C19H15NO/c21-19-12-6-15(7-13-19)14-20-18-10-8-17(9-11-18)16-4-2-1-3-5-16/h1-14,21H. The van der Waals surface area contributed by atoms with E-state index in [0.29, 0.717) is 0 Å². The highest BCUT2D eigenvalue weighted by Crippen LogP contribution is 2.22. The summed E-state index contributed by atoms with van der Waals surface area (Å²) in [5.74, 6) is 0.263. The molecule has 2 heteroatoms. The van der Waals surface area contributed by atoms with Crippen molar-refractivity contribution in [3.05, 3.63) is 84.4 Å². The second-order valence-corrected chi connectivity index (χ2v) is 4.76. The average molecular weight is 273 g/mol. The van der Waals surface area contributed by atoms with Gasteiger partial charge < -0.3 is 5.11 Å². The van der Waals surface area contributed by atoms with E-state index < -0.39 is 0 Å². The monoisotopic (exact) mass is 273 g/mol. The Kier molecular flexibility index (Phi) is 3.79. The molecule has 3 rings (SSSR count). The molecule has 0 atom stereocenters. The quantitative estimate of drug-likeness (QED) is 0.682. The third kappa shape index (κ3) is 3.37. The van der Waals surface area contributed by atoms with Gasteiger partial charge in [0.05, 0.1) is 5.69 Å². The number of phenols is 1. The van der Waals surface area contributed by atoms with E-state index in [9.17, 15) is 5.11 Å². The van der Waals surface area contributed by atoms with Crippen LogP contribution in [-0.2, 0) is 0 Å². The smallest absolute Gasteiger partial charge is 0.115 e. The highest BCUT2D eigenvalue weighted by molar-refractivity contribution is 5.82. The minimum atomic E-state index is 0.263. The van der Waals surface area contributed by atoms with Gasteiger partial charge >= 0.3 is 0 Å². The lowest BCUT2D eigenvalue weighted by atomic mass is 10.1. The van der Waals surface area contributed by atoms with E-state index in [1.165, 1.54) is 11.1 Å². The number of nitrogens with zero attached hydrogens (tertiary/aromatic N) is 1. The predicted molar refractivity (Wildman–Crippen MR) is 87.2 cm³/mol. The molecule has 0 spiro atoms. The Labute approximate surface area is 124 Å². The summed E-state index contributed by atoms with van der Waals surface area (Å²) in [7, 11) is 0. The maximum absolute atomic E-state index is 9.24. The highest BCUT2D eigenvalue weighted by Gasteiger charge is 1.96. The third-order valence-corrected chi connectivity index (χ3v) is 3.23. The molecule has 0 aromatic heterocycles. The van der Waals surface area contributed by atoms with Gasteiger partial charge in [0, 0.05) is 6.21 Å². The van der Waals surface area contributed by atoms with Crippen molar-refractivity contribution in [2.45, 2.75) is 0 Å². The highest BCUT2D eigenvalue weighted by atomic mass is 16.3. The zero-order valence-electron chi connectivity index (χ0n) is 11.5. The summed E-state index contributed by atoms with van der Waals surface area (Å²) in [5, 5.41) is 9.24. The molecule has 0 radical (unpaired) electrons. The van der Waals surface area contributed by atoms with Crippen LogP contribution in [0.2, 0.25) is 0 Å². The zero-order chi connectivity index (χ0) is 14.5. The number of phenolic OH excluding ortho intramolecular Hbond substituents is 1. The van der Waals surface area contributed by atoms with E-state index in [0.717, 1.165) is 11.3 Å². The molecule has 1 N–H and O–H groups in total. The van der Waals surface area contributed by atoms with Crippen molar-refractivity contribution < 1.29 is 5.11 Å². The van der Waals surface area contributed by atoms with Crippen LogP contribution in [0.3, 0.4) is 0 Å². The van der Waals surface area contributed by atoms with Crippen LogP contribution in [0.15, 0.2) is 83.9 Å². The van der Waals surface area contributed by atoms with E-state index in [1.54, 1.807) is 18.3 Å². The van der Waals surface area contributed by atoms with Crippen molar-refractivity contribution in [1.29, 1.82) is 0 Å². The zero-order valence-corrected chi connectivity index (χ0v) is 11.5. The fourth-order valence-electron chi connectivity index (χ4n) is 2.08. The van der Waals surface area contributed by atoms with Gasteiger partial charge in [-0.15, -0.1) is 0 Å². The Morgan fingerprint density at radius 1 is 0.667 bits per heavy atom. The fourth-order valence-corrected chi connectivity index (χ4v) is 2.08. The van der Waals surface area contributed by atoms with Crippen LogP contribution in [0.1, 0.15) is 5.56 Å². The molecule has 21 heavy (non-hydrogen) atoms. The Morgan fingerprint density at radius 2 is 1.29 bits per heavy atom. The normalized spacial score (nSPS) is 10.9. The van der Waals surface area contributed by atoms with Crippen LogP contribution in [-0.4, -0.2) is 11.3 Å². The first-order valence-electron chi connectivity index (χ1n) is 6.80. The van der Waals surface area contributed by atoms with Crippen molar-refractivity contribution >= 4 is 11.9 Å². The maximum atomic E-state index is 9.24. The number of aliphatic imine (C=N–C) groups is 1. The summed E-state index contributed by atoms with van der Waals surface area (Å²) in [6.07, 6.45) is 1.79. The van der Waals surface area contributed by atoms with Crippen molar-refractivity contribution in [2.75, 3.05) is 0 Å². The van der Waals surface area contributed by atoms with Crippen molar-refractivity contribution in [2.24, 2.45) is 4.99 Å². The van der Waals surface area contributed by atoms with Gasteiger partial charge in [-0.3, -0.25) is 4.99 Å². The van der Waals surface area contributed by atoms with E-state index in [1.807, 2.05) is 42.5 Å². The number of hydrogen-bond donors (Lipinski definition) is 1. The first kappa shape index (κ1) is 13.1. The third-order valence-electron chi connectivity index (χ3n) is 3.23. The lowest BCUT2D eigenvalue weighted by molar-refractivity contribution is 0.475. The lowest BCUT2D eigenvalue weighted by Crippen LogP contribution is -1.79. The summed E-state index contributed by atoms with van der Waals surface area (Å²) in [4.78, 5) is 4.43. The largest absolute Gasteiger partial charge is 0.508 e. The molecule has 0 aliphatic rings. The summed E-state index contributed by atoms with van der Waals surface area (Å²) < 4.78 is 0. The molecule has 3 aromatic rings. The average Bonchev–Trinajstić information content (AvgIpc) is 2.56. The van der Waals surface area contributed by atoms with Gasteiger partial charge in [-0.05, 0) is 53.1 Å². The molecule has 0 bridgehead atoms. The molecule has 2 nitrogen and oxygen atoms in total. The van der Waals surface area contributed by atoms with Gasteiger partial charge in [-0.2, -0.15) is 0 Å². The molecular formula is C19H15NO. The van der Waals surface area contributed by atoms with Gasteiger partial charge in [0.2, 0.25) is 0 Å². The van der Waals surface area contributed by atoms with E-state index in [2.05, 4.69) is 29.3 Å². The molecule has 0 aliphatic carbocycles. The minimum Gasteiger partial charge on any atom is -0.508 e. The van der Waals surface area contributed by atoms with Gasteiger partial charge in [-0.25, -0.2) is 0 Å². The Balaban J connectivity index is 1.77. The van der Waals surface area contributed by atoms with Crippen LogP contribution < -0.4 is 0 Å². The number of aromatic hydroxyl groups is 1. The summed E-state index contributed by atoms with van der Waals surface area (Å²) >= 11 is 0. The summed E-state index contributed by atoms with van der Waals surface area (Å²) in [6, 6.07) is 25.4. The van der Waals surface area contributed by atoms with E-state index in [-0.39, 0.29) is 5.75 Å². The fraction of sp³-hybridized carbons (Fsp3) is 0. The molecule has 102 valence electrons. The van der Waals surface area contributed by atoms with Gasteiger partial charge in [0.1, 0.15) is 5.75 Å². The van der Waals surface area contributed by atoms with Gasteiger partial charge in [0.15, 0.2) is 0 Å². The van der Waals surface area contributed by atoms with E-state index >= 15 is 0 Å². The van der Waals surface area contributed by atoms with Crippen LogP contribution in [0, 0.1) is 0 Å². The van der Waals surface area contributed by atoms with Crippen LogP contribution in [0.4, 0.5) is 5.69 Å². The van der Waals surface area contributed by atoms with Crippen LogP contribution in [0.25, 0.3) is 11.1 Å². The SMILES string of the molecule is Oc1ccc(C=Nc2ccc(-c3ccccc3)cc2)cc1. The molecule has 0 heterocycles. The molecule has 3 aromatic carbocycles. The van der Waals surface area contributed by atoms with Gasteiger partial charge in [0.25, 0.3) is 0 Å². The molecular weight excluding hydrogens is 258 g/mol. The first-order chi connectivity index (χ1) is 10.3. The first-order valence-corrected chi connectivity index (χ1v) is 6.80. The van der Waals surface area contributed by atoms with Crippen molar-refractivity contribution in [1.82, 2.24) is 0 Å². The van der Waals surface area contributed by atoms with Crippen LogP contribution >= 0.6 is 0 Å². The summed E-state index contributed by atoms with van der Waals surface area (Å²) in [5.41, 5.74) is 4.24. The van der Waals surface area contributed by atoms with E-state index in [4.69, 9.17) is 0 Å². The van der Waals surface area contributed by atoms with Crippen molar-refractivity contribution in [3.63, 3.8) is 0 Å². The Bertz CT molecular complexity index is 729. The topological polar surface area (TPSA) is 32.6 Å². The molecule has 0 aliphatic heterocycles. The number of rotatable bonds is 3. The van der Waals surface area contributed by atoms with Crippen LogP contribution in [0.5, 0.6) is 5.75 Å². The molecule has 0 amide bonds. The summed E-state index contributed by atoms with van der Waals surface area (Å²) in [6.45, 7) is 0. The molecule has 0 unspecified atom stereocenters. The number of hydrogen-bond acceptors (Lipinski definition) is 2. The number of benzene rings is 3. The van der Waals surface area contributed by atoms with Gasteiger partial charge in [-0.1, -0.05) is 42.5 Å². The second-order valence-electron chi connectivity index (χ2n) is 4.76. The van der Waals surface area contributed by atoms with Crippen molar-refractivity contribution in [3.8, 4) is 16.9 Å². The Morgan fingerprint density at radius 3 is 1.95 bits per heavy atom. The predicted octanol–water partition coefficient (Wildman–Crippen LogP) is 4.81. The second kappa shape index (κ2) is 6.06. The maximum Gasteiger partial charge on any atom is 0.115 e. The molecule has 0 saturated carbocycles. The molecule has 0 saturated heterocycles. The minimum absolute atomic E-state index is 0.263.